The van der Waals surface area contributed by atoms with Crippen molar-refractivity contribution in [3.05, 3.63) is 126 Å². The maximum Gasteiger partial charge on any atom is 0.408 e. The molecule has 0 radical (unpaired) electrons. The van der Waals surface area contributed by atoms with Crippen LogP contribution in [0.4, 0.5) is 4.79 Å². The van der Waals surface area contributed by atoms with Crippen LogP contribution in [0.1, 0.15) is 70.9 Å². The molecular weight excluding hydrogens is 622 g/mol. The van der Waals surface area contributed by atoms with Crippen LogP contribution in [0.2, 0.25) is 0 Å². The number of benzene rings is 3. The Balaban J connectivity index is 1.74. The Morgan fingerprint density at radius 1 is 0.735 bits per heavy atom. The summed E-state index contributed by atoms with van der Waals surface area (Å²) in [5, 5.41) is 17.3. The van der Waals surface area contributed by atoms with Crippen molar-refractivity contribution in [2.45, 2.75) is 83.1 Å². The fourth-order valence-electron chi connectivity index (χ4n) is 5.45. The summed E-state index contributed by atoms with van der Waals surface area (Å²) in [7, 11) is 0. The molecule has 1 aromatic heterocycles. The normalized spacial score (nSPS) is 12.8. The molecule has 0 bridgehead atoms. The van der Waals surface area contributed by atoms with Gasteiger partial charge in [0.1, 0.15) is 28.3 Å². The maximum atomic E-state index is 13.8. The van der Waals surface area contributed by atoms with Crippen molar-refractivity contribution in [1.82, 2.24) is 25.5 Å². The molecule has 0 unspecified atom stereocenters. The number of ether oxygens (including phenoxy) is 1. The van der Waals surface area contributed by atoms with Gasteiger partial charge in [-0.3, -0.25) is 9.59 Å². The average Bonchev–Trinajstić information content (AvgIpc) is 3.50. The summed E-state index contributed by atoms with van der Waals surface area (Å²) in [4.78, 5) is 56.2. The second-order valence-corrected chi connectivity index (χ2v) is 14.0. The van der Waals surface area contributed by atoms with Crippen LogP contribution in [-0.4, -0.2) is 61.3 Å². The molecular formula is C38H45N5O6. The van der Waals surface area contributed by atoms with Crippen LogP contribution in [0.15, 0.2) is 104 Å². The molecule has 0 fully saturated rings. The molecule has 0 saturated heterocycles. The second-order valence-electron chi connectivity index (χ2n) is 14.0. The largest absolute Gasteiger partial charge is 0.480 e. The number of nitrogens with one attached hydrogen (secondary N) is 3. The van der Waals surface area contributed by atoms with E-state index in [-0.39, 0.29) is 6.42 Å². The number of aliphatic carboxylic acids is 1. The molecule has 0 aliphatic carbocycles. The van der Waals surface area contributed by atoms with Gasteiger partial charge in [0.25, 0.3) is 0 Å². The number of hydrogen-bond acceptors (Lipinski definition) is 6. The molecule has 11 nitrogen and oxygen atoms in total. The number of aromatic nitrogens is 2. The topological polar surface area (TPSA) is 152 Å². The minimum absolute atomic E-state index is 0.0508. The highest BCUT2D eigenvalue weighted by Crippen LogP contribution is 2.40. The second kappa shape index (κ2) is 14.3. The molecule has 1 atom stereocenters. The number of alkyl carbamates (subject to hydrolysis) is 1. The molecule has 49 heavy (non-hydrogen) atoms. The van der Waals surface area contributed by atoms with Gasteiger partial charge in [-0.2, -0.15) is 0 Å². The van der Waals surface area contributed by atoms with Crippen molar-refractivity contribution in [1.29, 1.82) is 0 Å². The van der Waals surface area contributed by atoms with E-state index in [9.17, 15) is 24.3 Å². The monoisotopic (exact) mass is 667 g/mol. The van der Waals surface area contributed by atoms with Gasteiger partial charge in [-0.1, -0.05) is 91.0 Å². The lowest BCUT2D eigenvalue weighted by atomic mass is 9.77. The number of nitrogens with zero attached hydrogens (tertiary/aromatic N) is 2. The smallest absolute Gasteiger partial charge is 0.408 e. The first-order valence-corrected chi connectivity index (χ1v) is 16.0. The van der Waals surface area contributed by atoms with Crippen molar-refractivity contribution in [3.8, 4) is 0 Å². The molecule has 258 valence electrons. The Morgan fingerprint density at radius 3 is 1.63 bits per heavy atom. The number of amides is 3. The van der Waals surface area contributed by atoms with Crippen LogP contribution in [0.5, 0.6) is 0 Å². The van der Waals surface area contributed by atoms with Crippen molar-refractivity contribution in [2.24, 2.45) is 0 Å². The number of rotatable bonds is 12. The zero-order chi connectivity index (χ0) is 36.0. The molecule has 4 aromatic rings. The van der Waals surface area contributed by atoms with E-state index < -0.39 is 52.1 Å². The van der Waals surface area contributed by atoms with E-state index in [1.54, 1.807) is 27.1 Å². The quantitative estimate of drug-likeness (QED) is 0.155. The minimum atomic E-state index is -1.58. The summed E-state index contributed by atoms with van der Waals surface area (Å²) in [6, 6.07) is 28.9. The summed E-state index contributed by atoms with van der Waals surface area (Å²) >= 11 is 0. The number of hydrogen-bond donors (Lipinski definition) is 4. The van der Waals surface area contributed by atoms with Crippen LogP contribution in [0, 0.1) is 0 Å². The highest BCUT2D eigenvalue weighted by atomic mass is 16.6. The molecule has 0 saturated carbocycles. The molecule has 0 spiro atoms. The predicted molar refractivity (Wildman–Crippen MR) is 186 cm³/mol. The number of carbonyl (C=O) groups is 4. The molecule has 0 aliphatic heterocycles. The third-order valence-electron chi connectivity index (χ3n) is 7.98. The van der Waals surface area contributed by atoms with Crippen molar-refractivity contribution < 1.29 is 29.0 Å². The van der Waals surface area contributed by atoms with Crippen LogP contribution >= 0.6 is 0 Å². The molecule has 1 heterocycles. The van der Waals surface area contributed by atoms with Crippen LogP contribution in [-0.2, 0) is 31.1 Å². The molecule has 0 aliphatic rings. The summed E-state index contributed by atoms with van der Waals surface area (Å²) in [6.45, 7) is 10.7. The van der Waals surface area contributed by atoms with Gasteiger partial charge in [0, 0.05) is 12.6 Å². The summed E-state index contributed by atoms with van der Waals surface area (Å²) in [5.74, 6) is -2.64. The van der Waals surface area contributed by atoms with Gasteiger partial charge >= 0.3 is 12.1 Å². The van der Waals surface area contributed by atoms with E-state index in [2.05, 4.69) is 52.3 Å². The zero-order valence-corrected chi connectivity index (χ0v) is 29.0. The van der Waals surface area contributed by atoms with E-state index in [1.807, 2.05) is 65.4 Å². The number of carboxylic acids is 1. The number of carbonyl (C=O) groups excluding carboxylic acids is 3. The molecule has 4 rings (SSSR count). The van der Waals surface area contributed by atoms with Crippen LogP contribution in [0.25, 0.3) is 0 Å². The Bertz CT molecular complexity index is 1670. The Kier molecular flexibility index (Phi) is 10.7. The van der Waals surface area contributed by atoms with E-state index in [4.69, 9.17) is 9.72 Å². The lowest BCUT2D eigenvalue weighted by molar-refractivity contribution is -0.147. The van der Waals surface area contributed by atoms with Crippen molar-refractivity contribution in [3.63, 3.8) is 0 Å². The van der Waals surface area contributed by atoms with Gasteiger partial charge in [0.05, 0.1) is 12.0 Å². The SMILES string of the molecule is CC(C)(C)OC(=O)N[C@@H](Cc1cn(C(c2ccccc2)(c2ccccc2)c2ccccc2)cn1)C(=O)NC(C)(C)C(=O)NC(C)(C)C(=O)O. The number of imidazole rings is 1. The van der Waals surface area contributed by atoms with Crippen molar-refractivity contribution >= 4 is 23.9 Å². The third-order valence-corrected chi connectivity index (χ3v) is 7.98. The fourth-order valence-corrected chi connectivity index (χ4v) is 5.45. The Labute approximate surface area is 287 Å². The molecule has 11 heteroatoms. The van der Waals surface area contributed by atoms with Gasteiger partial charge in [0.15, 0.2) is 0 Å². The maximum absolute atomic E-state index is 13.8. The molecule has 3 aromatic carbocycles. The molecule has 3 amide bonds. The first kappa shape index (κ1) is 36.4. The van der Waals surface area contributed by atoms with Gasteiger partial charge in [0.2, 0.25) is 11.8 Å². The highest BCUT2D eigenvalue weighted by Gasteiger charge is 2.40. The van der Waals surface area contributed by atoms with Crippen LogP contribution in [0.3, 0.4) is 0 Å². The molecule has 4 N–H and O–H groups in total. The first-order chi connectivity index (χ1) is 23.0. The summed E-state index contributed by atoms with van der Waals surface area (Å²) in [5.41, 5.74) is -1.38. The first-order valence-electron chi connectivity index (χ1n) is 16.0. The van der Waals surface area contributed by atoms with Gasteiger partial charge in [-0.25, -0.2) is 14.6 Å². The van der Waals surface area contributed by atoms with Gasteiger partial charge in [-0.05, 0) is 65.2 Å². The van der Waals surface area contributed by atoms with E-state index in [1.165, 1.54) is 27.7 Å². The van der Waals surface area contributed by atoms with Gasteiger partial charge < -0.3 is 30.4 Å². The van der Waals surface area contributed by atoms with E-state index in [0.29, 0.717) is 5.69 Å². The van der Waals surface area contributed by atoms with E-state index in [0.717, 1.165) is 16.7 Å². The standard InChI is InChI=1S/C38H45N5O6/c1-35(2,3)49-34(48)40-30(31(44)41-36(4,5)32(45)42-37(6,7)33(46)47)23-29-24-43(25-39-29)38(26-17-11-8-12-18-26,27-19-13-9-14-20-27)28-21-15-10-16-22-28/h8-22,24-25,30H,23H2,1-7H3,(H,40,48)(H,41,44)(H,42,45)(H,46,47)/t30-/m0/s1. The lowest BCUT2D eigenvalue weighted by Crippen LogP contribution is -2.63. The Hall–Kier alpha value is -5.45. The lowest BCUT2D eigenvalue weighted by Gasteiger charge is -2.37. The highest BCUT2D eigenvalue weighted by molar-refractivity contribution is 5.96. The number of carboxylic acid groups (broad SMARTS) is 1. The van der Waals surface area contributed by atoms with E-state index >= 15 is 0 Å². The van der Waals surface area contributed by atoms with Gasteiger partial charge in [-0.15, -0.1) is 0 Å². The van der Waals surface area contributed by atoms with Crippen molar-refractivity contribution in [2.75, 3.05) is 0 Å². The predicted octanol–water partition coefficient (Wildman–Crippen LogP) is 5.03. The zero-order valence-electron chi connectivity index (χ0n) is 29.0. The van der Waals surface area contributed by atoms with Crippen LogP contribution < -0.4 is 16.0 Å². The third kappa shape index (κ3) is 8.53. The summed E-state index contributed by atoms with van der Waals surface area (Å²) < 4.78 is 7.45. The fraction of sp³-hybridized carbons (Fsp3) is 0.342. The average molecular weight is 668 g/mol. The minimum Gasteiger partial charge on any atom is -0.480 e. The summed E-state index contributed by atoms with van der Waals surface area (Å²) in [6.07, 6.45) is 2.67. The Morgan fingerprint density at radius 2 is 1.20 bits per heavy atom.